The number of aryl methyl sites for hydroxylation is 1. The minimum Gasteiger partial charge on any atom is -0.398 e. The third-order valence-corrected chi connectivity index (χ3v) is 3.38. The van der Waals surface area contributed by atoms with Crippen molar-refractivity contribution < 1.29 is 4.79 Å². The highest BCUT2D eigenvalue weighted by Crippen LogP contribution is 2.33. The number of nitrogens with one attached hydrogen (secondary N) is 1. The van der Waals surface area contributed by atoms with E-state index in [9.17, 15) is 4.79 Å². The Hall–Kier alpha value is -1.16. The maximum absolute atomic E-state index is 11.2. The van der Waals surface area contributed by atoms with Gasteiger partial charge in [0.2, 0.25) is 5.91 Å². The summed E-state index contributed by atoms with van der Waals surface area (Å²) in [5.74, 6) is 1.09. The minimum atomic E-state index is 0.0813. The highest BCUT2D eigenvalue weighted by atomic mass is 32.2. The summed E-state index contributed by atoms with van der Waals surface area (Å²) in [6, 6.07) is 3.96. The van der Waals surface area contributed by atoms with Gasteiger partial charge in [0, 0.05) is 22.7 Å². The van der Waals surface area contributed by atoms with Crippen LogP contribution in [0.1, 0.15) is 18.9 Å². The zero-order valence-corrected chi connectivity index (χ0v) is 9.49. The number of thioether (sulfide) groups is 1. The molecule has 1 amide bonds. The molecule has 1 aromatic rings. The summed E-state index contributed by atoms with van der Waals surface area (Å²) in [4.78, 5) is 12.3. The number of fused-ring (bicyclic) bond motifs is 1. The molecule has 3 nitrogen and oxygen atoms in total. The van der Waals surface area contributed by atoms with Crippen LogP contribution in [0.15, 0.2) is 17.0 Å². The number of nitrogens with two attached hydrogens (primary N) is 1. The van der Waals surface area contributed by atoms with Crippen molar-refractivity contribution in [1.29, 1.82) is 0 Å². The zero-order valence-electron chi connectivity index (χ0n) is 8.67. The van der Waals surface area contributed by atoms with E-state index in [4.69, 9.17) is 5.73 Å². The Bertz CT molecular complexity index is 404. The zero-order chi connectivity index (χ0) is 10.8. The van der Waals surface area contributed by atoms with E-state index in [1.165, 1.54) is 5.56 Å². The lowest BCUT2D eigenvalue weighted by Crippen LogP contribution is -2.19. The van der Waals surface area contributed by atoms with Crippen LogP contribution in [0.25, 0.3) is 0 Å². The molecule has 0 radical (unpaired) electrons. The standard InChI is InChI=1S/C11H14N2OS/c1-2-15-10-5-7-3-4-11(14)13-9(7)6-8(10)12/h5-6H,2-4,12H2,1H3,(H,13,14). The molecule has 0 fully saturated rings. The van der Waals surface area contributed by atoms with Crippen LogP contribution >= 0.6 is 11.8 Å². The first-order chi connectivity index (χ1) is 7.20. The van der Waals surface area contributed by atoms with Crippen molar-refractivity contribution in [2.45, 2.75) is 24.7 Å². The van der Waals surface area contributed by atoms with E-state index in [1.54, 1.807) is 11.8 Å². The molecule has 0 aromatic heterocycles. The third-order valence-electron chi connectivity index (χ3n) is 2.43. The normalized spacial score (nSPS) is 14.6. The molecule has 0 saturated heterocycles. The van der Waals surface area contributed by atoms with Crippen LogP contribution in [0.5, 0.6) is 0 Å². The van der Waals surface area contributed by atoms with Crippen LogP contribution in [0.3, 0.4) is 0 Å². The average Bonchev–Trinajstić information content (AvgIpc) is 2.20. The van der Waals surface area contributed by atoms with Crippen molar-refractivity contribution >= 4 is 29.0 Å². The Labute approximate surface area is 93.4 Å². The van der Waals surface area contributed by atoms with Gasteiger partial charge in [0.05, 0.1) is 0 Å². The van der Waals surface area contributed by atoms with E-state index in [-0.39, 0.29) is 5.91 Å². The van der Waals surface area contributed by atoms with Crippen molar-refractivity contribution in [2.24, 2.45) is 0 Å². The van der Waals surface area contributed by atoms with Gasteiger partial charge in [0.25, 0.3) is 0 Å². The molecule has 80 valence electrons. The van der Waals surface area contributed by atoms with Crippen molar-refractivity contribution in [1.82, 2.24) is 0 Å². The lowest BCUT2D eigenvalue weighted by atomic mass is 10.0. The molecule has 0 saturated carbocycles. The number of anilines is 2. The van der Waals surface area contributed by atoms with Crippen LogP contribution in [-0.4, -0.2) is 11.7 Å². The molecule has 4 heteroatoms. The fourth-order valence-electron chi connectivity index (χ4n) is 1.70. The predicted octanol–water partition coefficient (Wildman–Crippen LogP) is 2.27. The molecular formula is C11H14N2OS. The number of hydrogen-bond acceptors (Lipinski definition) is 3. The van der Waals surface area contributed by atoms with E-state index in [0.717, 1.165) is 28.4 Å². The van der Waals surface area contributed by atoms with Gasteiger partial charge < -0.3 is 11.1 Å². The van der Waals surface area contributed by atoms with E-state index < -0.39 is 0 Å². The summed E-state index contributed by atoms with van der Waals surface area (Å²) >= 11 is 1.74. The molecule has 0 aliphatic carbocycles. The molecular weight excluding hydrogens is 208 g/mol. The number of nitrogen functional groups attached to an aromatic ring is 1. The Morgan fingerprint density at radius 3 is 3.00 bits per heavy atom. The van der Waals surface area contributed by atoms with Crippen LogP contribution in [0, 0.1) is 0 Å². The van der Waals surface area contributed by atoms with Crippen molar-refractivity contribution in [3.05, 3.63) is 17.7 Å². The van der Waals surface area contributed by atoms with Crippen molar-refractivity contribution in [3.63, 3.8) is 0 Å². The number of benzene rings is 1. The van der Waals surface area contributed by atoms with E-state index in [1.807, 2.05) is 6.07 Å². The molecule has 0 atom stereocenters. The van der Waals surface area contributed by atoms with Gasteiger partial charge in [0.1, 0.15) is 0 Å². The van der Waals surface area contributed by atoms with Crippen molar-refractivity contribution in [3.8, 4) is 0 Å². The second-order valence-electron chi connectivity index (χ2n) is 3.53. The summed E-state index contributed by atoms with van der Waals surface area (Å²) in [6.07, 6.45) is 1.39. The number of hydrogen-bond donors (Lipinski definition) is 2. The summed E-state index contributed by atoms with van der Waals surface area (Å²) in [6.45, 7) is 2.10. The monoisotopic (exact) mass is 222 g/mol. The molecule has 2 rings (SSSR count). The largest absolute Gasteiger partial charge is 0.398 e. The van der Waals surface area contributed by atoms with Crippen LogP contribution in [-0.2, 0) is 11.2 Å². The first-order valence-electron chi connectivity index (χ1n) is 5.05. The predicted molar refractivity (Wildman–Crippen MR) is 64.2 cm³/mol. The molecule has 1 heterocycles. The second kappa shape index (κ2) is 4.14. The van der Waals surface area contributed by atoms with E-state index >= 15 is 0 Å². The fourth-order valence-corrected chi connectivity index (χ4v) is 2.47. The highest BCUT2D eigenvalue weighted by Gasteiger charge is 2.16. The first-order valence-corrected chi connectivity index (χ1v) is 6.04. The topological polar surface area (TPSA) is 55.1 Å². The molecule has 0 spiro atoms. The Morgan fingerprint density at radius 2 is 2.27 bits per heavy atom. The fraction of sp³-hybridized carbons (Fsp3) is 0.364. The van der Waals surface area contributed by atoms with Gasteiger partial charge in [-0.25, -0.2) is 0 Å². The number of carbonyl (C=O) groups is 1. The molecule has 15 heavy (non-hydrogen) atoms. The van der Waals surface area contributed by atoms with Crippen molar-refractivity contribution in [2.75, 3.05) is 16.8 Å². The van der Waals surface area contributed by atoms with Gasteiger partial charge in [-0.05, 0) is 29.9 Å². The van der Waals surface area contributed by atoms with Gasteiger partial charge in [-0.2, -0.15) is 0 Å². The van der Waals surface area contributed by atoms with Crippen LogP contribution in [0.4, 0.5) is 11.4 Å². The molecule has 0 unspecified atom stereocenters. The first kappa shape index (κ1) is 10.4. The quantitative estimate of drug-likeness (QED) is 0.596. The number of rotatable bonds is 2. The smallest absolute Gasteiger partial charge is 0.224 e. The summed E-state index contributed by atoms with van der Waals surface area (Å²) < 4.78 is 0. The van der Waals surface area contributed by atoms with Gasteiger partial charge in [-0.3, -0.25) is 4.79 Å². The maximum Gasteiger partial charge on any atom is 0.224 e. The van der Waals surface area contributed by atoms with E-state index in [0.29, 0.717) is 6.42 Å². The van der Waals surface area contributed by atoms with Gasteiger partial charge in [-0.15, -0.1) is 11.8 Å². The number of amides is 1. The van der Waals surface area contributed by atoms with Gasteiger partial charge >= 0.3 is 0 Å². The molecule has 1 aliphatic rings. The Kier molecular flexibility index (Phi) is 2.86. The summed E-state index contributed by atoms with van der Waals surface area (Å²) in [5, 5.41) is 2.84. The van der Waals surface area contributed by atoms with Crippen LogP contribution < -0.4 is 11.1 Å². The molecule has 0 bridgehead atoms. The second-order valence-corrected chi connectivity index (χ2v) is 4.83. The highest BCUT2D eigenvalue weighted by molar-refractivity contribution is 7.99. The van der Waals surface area contributed by atoms with Gasteiger partial charge in [-0.1, -0.05) is 6.92 Å². The molecule has 1 aromatic carbocycles. The molecule has 3 N–H and O–H groups in total. The lowest BCUT2D eigenvalue weighted by molar-refractivity contribution is -0.116. The average molecular weight is 222 g/mol. The van der Waals surface area contributed by atoms with E-state index in [2.05, 4.69) is 18.3 Å². The summed E-state index contributed by atoms with van der Waals surface area (Å²) in [7, 11) is 0. The maximum atomic E-state index is 11.2. The molecule has 1 aliphatic heterocycles. The Balaban J connectivity index is 2.37. The minimum absolute atomic E-state index is 0.0813. The summed E-state index contributed by atoms with van der Waals surface area (Å²) in [5.41, 5.74) is 8.73. The third kappa shape index (κ3) is 2.09. The Morgan fingerprint density at radius 1 is 1.47 bits per heavy atom. The van der Waals surface area contributed by atoms with Gasteiger partial charge in [0.15, 0.2) is 0 Å². The lowest BCUT2D eigenvalue weighted by Gasteiger charge is -2.18. The SMILES string of the molecule is CCSc1cc2c(cc1N)NC(=O)CC2. The van der Waals surface area contributed by atoms with Crippen LogP contribution in [0.2, 0.25) is 0 Å². The number of carbonyl (C=O) groups excluding carboxylic acids is 1.